The fourth-order valence-electron chi connectivity index (χ4n) is 6.93. The molecule has 0 aliphatic carbocycles. The molecule has 348 valence electrons. The Morgan fingerprint density at radius 3 is 1.08 bits per heavy atom. The summed E-state index contributed by atoms with van der Waals surface area (Å²) < 4.78 is 67.8. The number of rotatable bonds is 39. The summed E-state index contributed by atoms with van der Waals surface area (Å²) in [7, 11) is -3.78. The molecule has 0 fully saturated rings. The summed E-state index contributed by atoms with van der Waals surface area (Å²) in [5.74, 6) is 1.12. The molecular formula is C51H72O10S2. The Balaban J connectivity index is 0.842. The first-order valence-corrected chi connectivity index (χ1v) is 25.2. The summed E-state index contributed by atoms with van der Waals surface area (Å²) in [5, 5.41) is 0. The third-order valence-electron chi connectivity index (χ3n) is 10.3. The molecule has 0 heterocycles. The molecule has 10 nitrogen and oxygen atoms in total. The fourth-order valence-corrected chi connectivity index (χ4v) is 9.39. The van der Waals surface area contributed by atoms with Gasteiger partial charge in [0.2, 0.25) is 0 Å². The van der Waals surface area contributed by atoms with Crippen molar-refractivity contribution in [2.45, 2.75) is 74.4 Å². The van der Waals surface area contributed by atoms with E-state index in [2.05, 4.69) is 103 Å². The van der Waals surface area contributed by atoms with Crippen LogP contribution in [0.1, 0.15) is 80.0 Å². The van der Waals surface area contributed by atoms with Crippen LogP contribution in [0.15, 0.2) is 120 Å². The van der Waals surface area contributed by atoms with Crippen molar-refractivity contribution in [2.75, 3.05) is 105 Å². The lowest BCUT2D eigenvalue weighted by molar-refractivity contribution is -0.0212. The summed E-state index contributed by atoms with van der Waals surface area (Å²) in [5.41, 5.74) is 5.00. The van der Waals surface area contributed by atoms with E-state index in [4.69, 9.17) is 37.3 Å². The highest BCUT2D eigenvalue weighted by molar-refractivity contribution is 8.00. The molecule has 0 spiro atoms. The molecule has 0 saturated carbocycles. The van der Waals surface area contributed by atoms with Crippen LogP contribution in [0.4, 0.5) is 0 Å². The molecule has 0 aliphatic rings. The Labute approximate surface area is 382 Å². The van der Waals surface area contributed by atoms with E-state index >= 15 is 0 Å². The van der Waals surface area contributed by atoms with Gasteiger partial charge in [-0.05, 0) is 54.3 Å². The number of benzene rings is 4. The third-order valence-corrected chi connectivity index (χ3v) is 13.3. The minimum absolute atomic E-state index is 0.0541. The van der Waals surface area contributed by atoms with Gasteiger partial charge in [-0.25, -0.2) is 0 Å². The molecular weight excluding hydrogens is 837 g/mol. The van der Waals surface area contributed by atoms with Crippen molar-refractivity contribution in [1.82, 2.24) is 0 Å². The highest BCUT2D eigenvalue weighted by Gasteiger charge is 2.36. The van der Waals surface area contributed by atoms with E-state index in [0.29, 0.717) is 79.3 Å². The van der Waals surface area contributed by atoms with Crippen LogP contribution in [0.25, 0.3) is 0 Å². The van der Waals surface area contributed by atoms with Crippen LogP contribution in [-0.4, -0.2) is 113 Å². The zero-order valence-corrected chi connectivity index (χ0v) is 39.2. The van der Waals surface area contributed by atoms with Crippen molar-refractivity contribution in [3.05, 3.63) is 138 Å². The lowest BCUT2D eigenvalue weighted by Crippen LogP contribution is -2.26. The minimum atomic E-state index is -3.78. The zero-order valence-electron chi connectivity index (χ0n) is 37.5. The van der Waals surface area contributed by atoms with Gasteiger partial charge in [-0.15, -0.1) is 11.8 Å². The van der Waals surface area contributed by atoms with Gasteiger partial charge in [-0.1, -0.05) is 154 Å². The maximum absolute atomic E-state index is 12.1. The van der Waals surface area contributed by atoms with Crippen LogP contribution in [0.2, 0.25) is 0 Å². The number of thioether (sulfide) groups is 1. The molecule has 4 aromatic rings. The minimum Gasteiger partial charge on any atom is -0.379 e. The Morgan fingerprint density at radius 2 is 0.698 bits per heavy atom. The highest BCUT2D eigenvalue weighted by Crippen LogP contribution is 2.48. The molecule has 0 aromatic heterocycles. The van der Waals surface area contributed by atoms with Gasteiger partial charge in [0.15, 0.2) is 0 Å². The standard InChI is InChI=1S/C51H72O10S2/c1-46-26-28-50(29-27-46)63(52,53)61-44-43-60-42-41-59-40-39-58-38-37-57-36-35-56-34-33-55-32-31-54-30-18-7-5-3-2-4-6-8-19-45-62-51(47-20-12-9-13-21-47,48-22-14-10-15-23-48)49-24-16-11-17-25-49/h9-17,20-29H,2-8,18-19,30-45H2,1H3. The first-order chi connectivity index (χ1) is 31.0. The molecule has 4 aromatic carbocycles. The molecule has 0 unspecified atom stereocenters. The average Bonchev–Trinajstić information content (AvgIpc) is 3.31. The summed E-state index contributed by atoms with van der Waals surface area (Å²) in [6.07, 6.45) is 11.3. The first kappa shape index (κ1) is 52.5. The Hall–Kier alpha value is -3.14. The van der Waals surface area contributed by atoms with Crippen LogP contribution in [0.5, 0.6) is 0 Å². The highest BCUT2D eigenvalue weighted by atomic mass is 32.2. The Morgan fingerprint density at radius 1 is 0.381 bits per heavy atom. The van der Waals surface area contributed by atoms with Crippen molar-refractivity contribution < 1.29 is 45.8 Å². The fraction of sp³-hybridized carbons (Fsp3) is 0.529. The summed E-state index contributed by atoms with van der Waals surface area (Å²) in [6.45, 7) is 8.59. The van der Waals surface area contributed by atoms with Crippen LogP contribution < -0.4 is 0 Å². The van der Waals surface area contributed by atoms with Gasteiger partial charge in [0.1, 0.15) is 0 Å². The second-order valence-electron chi connectivity index (χ2n) is 15.2. The molecule has 4 rings (SSSR count). The van der Waals surface area contributed by atoms with Gasteiger partial charge in [-0.3, -0.25) is 4.18 Å². The predicted octanol–water partition coefficient (Wildman–Crippen LogP) is 10.1. The molecule has 0 N–H and O–H groups in total. The third kappa shape index (κ3) is 21.6. The van der Waals surface area contributed by atoms with Crippen molar-refractivity contribution in [1.29, 1.82) is 0 Å². The van der Waals surface area contributed by atoms with Gasteiger partial charge >= 0.3 is 0 Å². The lowest BCUT2D eigenvalue weighted by atomic mass is 9.84. The number of aryl methyl sites for hydroxylation is 1. The Kier molecular flexibility index (Phi) is 27.8. The van der Waals surface area contributed by atoms with Crippen molar-refractivity contribution in [2.24, 2.45) is 0 Å². The van der Waals surface area contributed by atoms with Crippen LogP contribution in [-0.2, 0) is 52.2 Å². The van der Waals surface area contributed by atoms with E-state index in [1.54, 1.807) is 12.1 Å². The van der Waals surface area contributed by atoms with E-state index in [0.717, 1.165) is 24.3 Å². The number of unbranched alkanes of at least 4 members (excludes halogenated alkanes) is 8. The van der Waals surface area contributed by atoms with Crippen LogP contribution in [0, 0.1) is 6.92 Å². The summed E-state index contributed by atoms with van der Waals surface area (Å²) in [4.78, 5) is 0.134. The topological polar surface area (TPSA) is 108 Å². The normalized spacial score (nSPS) is 12.0. The summed E-state index contributed by atoms with van der Waals surface area (Å²) >= 11 is 2.08. The van der Waals surface area contributed by atoms with Crippen molar-refractivity contribution in [3.63, 3.8) is 0 Å². The molecule has 12 heteroatoms. The second-order valence-corrected chi connectivity index (χ2v) is 18.1. The molecule has 0 atom stereocenters. The quantitative estimate of drug-likeness (QED) is 0.0243. The average molecular weight is 909 g/mol. The van der Waals surface area contributed by atoms with E-state index in [-0.39, 0.29) is 22.9 Å². The van der Waals surface area contributed by atoms with Crippen LogP contribution >= 0.6 is 11.8 Å². The van der Waals surface area contributed by atoms with Crippen molar-refractivity contribution >= 4 is 21.9 Å². The number of hydrogen-bond donors (Lipinski definition) is 0. The number of hydrogen-bond acceptors (Lipinski definition) is 11. The van der Waals surface area contributed by atoms with Gasteiger partial charge in [-0.2, -0.15) is 8.42 Å². The molecule has 0 aliphatic heterocycles. The van der Waals surface area contributed by atoms with Gasteiger partial charge in [0.25, 0.3) is 10.1 Å². The molecule has 0 radical (unpaired) electrons. The van der Waals surface area contributed by atoms with E-state index in [1.807, 2.05) is 6.92 Å². The maximum atomic E-state index is 12.1. The SMILES string of the molecule is Cc1ccc(S(=O)(=O)OCCOCCOCCOCCOCCOCCOCCOCCCCCCCCCCCSC(c2ccccc2)(c2ccccc2)c2ccccc2)cc1. The molecule has 0 saturated heterocycles. The molecule has 63 heavy (non-hydrogen) atoms. The van der Waals surface area contributed by atoms with Crippen LogP contribution in [0.3, 0.4) is 0 Å². The van der Waals surface area contributed by atoms with Crippen molar-refractivity contribution in [3.8, 4) is 0 Å². The smallest absolute Gasteiger partial charge is 0.297 e. The summed E-state index contributed by atoms with van der Waals surface area (Å²) in [6, 6.07) is 39.5. The largest absolute Gasteiger partial charge is 0.379 e. The van der Waals surface area contributed by atoms with E-state index in [9.17, 15) is 8.42 Å². The Bertz CT molecular complexity index is 1680. The maximum Gasteiger partial charge on any atom is 0.297 e. The first-order valence-electron chi connectivity index (χ1n) is 22.8. The second kappa shape index (κ2) is 33.4. The van der Waals surface area contributed by atoms with E-state index < -0.39 is 10.1 Å². The lowest BCUT2D eigenvalue weighted by Gasteiger charge is -2.35. The zero-order chi connectivity index (χ0) is 44.4. The van der Waals surface area contributed by atoms with Gasteiger partial charge in [0, 0.05) is 6.61 Å². The molecule has 0 amide bonds. The predicted molar refractivity (Wildman–Crippen MR) is 253 cm³/mol. The van der Waals surface area contributed by atoms with Gasteiger partial charge in [0.05, 0.1) is 102 Å². The van der Waals surface area contributed by atoms with E-state index in [1.165, 1.54) is 80.2 Å². The van der Waals surface area contributed by atoms with Gasteiger partial charge < -0.3 is 33.2 Å². The monoisotopic (exact) mass is 908 g/mol. The number of ether oxygens (including phenoxy) is 7. The molecule has 0 bridgehead atoms.